The second-order valence-corrected chi connectivity index (χ2v) is 5.00. The second-order valence-electron chi connectivity index (χ2n) is 5.00. The molecule has 0 saturated heterocycles. The Morgan fingerprint density at radius 1 is 1.15 bits per heavy atom. The van der Waals surface area contributed by atoms with Crippen molar-refractivity contribution < 1.29 is 9.90 Å². The van der Waals surface area contributed by atoms with E-state index in [0.29, 0.717) is 5.56 Å². The lowest BCUT2D eigenvalue weighted by molar-refractivity contribution is 0.0696. The van der Waals surface area contributed by atoms with Crippen LogP contribution in [-0.2, 0) is 6.42 Å². The van der Waals surface area contributed by atoms with Crippen molar-refractivity contribution in [2.45, 2.75) is 20.3 Å². The summed E-state index contributed by atoms with van der Waals surface area (Å²) in [6.45, 7) is 4.73. The molecule has 0 fully saturated rings. The summed E-state index contributed by atoms with van der Waals surface area (Å²) in [5.41, 5.74) is 4.66. The van der Waals surface area contributed by atoms with Gasteiger partial charge in [-0.1, -0.05) is 29.8 Å². The van der Waals surface area contributed by atoms with Gasteiger partial charge in [-0.15, -0.1) is 0 Å². The van der Waals surface area contributed by atoms with Gasteiger partial charge in [0.2, 0.25) is 0 Å². The van der Waals surface area contributed by atoms with E-state index >= 15 is 0 Å². The minimum Gasteiger partial charge on any atom is -0.478 e. The number of hydrogen-bond acceptors (Lipinski definition) is 2. The number of carboxylic acid groups (broad SMARTS) is 1. The van der Waals surface area contributed by atoms with Crippen molar-refractivity contribution in [3.8, 4) is 0 Å². The van der Waals surface area contributed by atoms with Crippen LogP contribution < -0.4 is 5.32 Å². The Kier molecular flexibility index (Phi) is 4.41. The molecule has 0 atom stereocenters. The van der Waals surface area contributed by atoms with Gasteiger partial charge in [-0.25, -0.2) is 4.79 Å². The van der Waals surface area contributed by atoms with Gasteiger partial charge in [-0.2, -0.15) is 0 Å². The van der Waals surface area contributed by atoms with Crippen LogP contribution >= 0.6 is 0 Å². The zero-order valence-corrected chi connectivity index (χ0v) is 11.8. The Morgan fingerprint density at radius 2 is 1.95 bits per heavy atom. The fraction of sp³-hybridized carbons (Fsp3) is 0.235. The number of benzene rings is 2. The van der Waals surface area contributed by atoms with Crippen LogP contribution in [0.4, 0.5) is 5.69 Å². The van der Waals surface area contributed by atoms with Crippen LogP contribution in [-0.4, -0.2) is 17.6 Å². The maximum atomic E-state index is 10.9. The number of aromatic carboxylic acids is 1. The summed E-state index contributed by atoms with van der Waals surface area (Å²) >= 11 is 0. The van der Waals surface area contributed by atoms with E-state index in [2.05, 4.69) is 36.5 Å². The van der Waals surface area contributed by atoms with Crippen LogP contribution in [0.1, 0.15) is 27.0 Å². The Labute approximate surface area is 119 Å². The van der Waals surface area contributed by atoms with Gasteiger partial charge in [0, 0.05) is 12.2 Å². The molecule has 3 heteroatoms. The van der Waals surface area contributed by atoms with Crippen molar-refractivity contribution in [2.24, 2.45) is 0 Å². The van der Waals surface area contributed by atoms with E-state index in [1.54, 1.807) is 6.07 Å². The molecule has 0 saturated carbocycles. The highest BCUT2D eigenvalue weighted by Crippen LogP contribution is 2.15. The van der Waals surface area contributed by atoms with E-state index in [-0.39, 0.29) is 0 Å². The SMILES string of the molecule is Cc1cccc(CCNc2ccc(C(=O)O)c(C)c2)c1. The zero-order chi connectivity index (χ0) is 14.5. The summed E-state index contributed by atoms with van der Waals surface area (Å²) in [4.78, 5) is 10.9. The molecule has 0 amide bonds. The van der Waals surface area contributed by atoms with E-state index in [0.717, 1.165) is 24.2 Å². The molecule has 2 aromatic carbocycles. The average Bonchev–Trinajstić information content (AvgIpc) is 2.38. The van der Waals surface area contributed by atoms with Crippen molar-refractivity contribution in [1.82, 2.24) is 0 Å². The smallest absolute Gasteiger partial charge is 0.335 e. The van der Waals surface area contributed by atoms with Gasteiger partial charge in [0.25, 0.3) is 0 Å². The molecule has 0 radical (unpaired) electrons. The lowest BCUT2D eigenvalue weighted by Gasteiger charge is -2.09. The Hall–Kier alpha value is -2.29. The van der Waals surface area contributed by atoms with E-state index in [9.17, 15) is 4.79 Å². The monoisotopic (exact) mass is 269 g/mol. The predicted molar refractivity (Wildman–Crippen MR) is 81.5 cm³/mol. The molecule has 2 aromatic rings. The van der Waals surface area contributed by atoms with Crippen molar-refractivity contribution in [3.63, 3.8) is 0 Å². The van der Waals surface area contributed by atoms with Crippen molar-refractivity contribution >= 4 is 11.7 Å². The van der Waals surface area contributed by atoms with E-state index in [1.807, 2.05) is 19.1 Å². The molecule has 0 heterocycles. The quantitative estimate of drug-likeness (QED) is 0.871. The lowest BCUT2D eigenvalue weighted by atomic mass is 10.1. The molecule has 0 aliphatic carbocycles. The van der Waals surface area contributed by atoms with Gasteiger partial charge in [0.15, 0.2) is 0 Å². The highest BCUT2D eigenvalue weighted by Gasteiger charge is 2.06. The van der Waals surface area contributed by atoms with Gasteiger partial charge >= 0.3 is 5.97 Å². The van der Waals surface area contributed by atoms with Gasteiger partial charge in [0.1, 0.15) is 0 Å². The maximum absolute atomic E-state index is 10.9. The fourth-order valence-corrected chi connectivity index (χ4v) is 2.23. The highest BCUT2D eigenvalue weighted by molar-refractivity contribution is 5.89. The third kappa shape index (κ3) is 3.60. The molecule has 0 aromatic heterocycles. The molecule has 0 unspecified atom stereocenters. The van der Waals surface area contributed by atoms with Crippen LogP contribution in [0.25, 0.3) is 0 Å². The van der Waals surface area contributed by atoms with Gasteiger partial charge < -0.3 is 10.4 Å². The van der Waals surface area contributed by atoms with Crippen molar-refractivity contribution in [1.29, 1.82) is 0 Å². The van der Waals surface area contributed by atoms with E-state index in [1.165, 1.54) is 11.1 Å². The third-order valence-electron chi connectivity index (χ3n) is 3.28. The number of nitrogens with one attached hydrogen (secondary N) is 1. The second kappa shape index (κ2) is 6.24. The van der Waals surface area contributed by atoms with Crippen LogP contribution in [0.3, 0.4) is 0 Å². The molecule has 2 rings (SSSR count). The summed E-state index contributed by atoms with van der Waals surface area (Å²) in [6.07, 6.45) is 0.946. The Morgan fingerprint density at radius 3 is 2.60 bits per heavy atom. The molecule has 20 heavy (non-hydrogen) atoms. The summed E-state index contributed by atoms with van der Waals surface area (Å²) in [5.74, 6) is -0.881. The fourth-order valence-electron chi connectivity index (χ4n) is 2.23. The minimum absolute atomic E-state index is 0.356. The van der Waals surface area contributed by atoms with Crippen LogP contribution in [0.15, 0.2) is 42.5 Å². The van der Waals surface area contributed by atoms with Crippen LogP contribution in [0.2, 0.25) is 0 Å². The molecular formula is C17H19NO2. The molecule has 0 bridgehead atoms. The Balaban J connectivity index is 1.94. The summed E-state index contributed by atoms with van der Waals surface area (Å²) in [7, 11) is 0. The highest BCUT2D eigenvalue weighted by atomic mass is 16.4. The normalized spacial score (nSPS) is 10.3. The number of carbonyl (C=O) groups is 1. The van der Waals surface area contributed by atoms with E-state index in [4.69, 9.17) is 5.11 Å². The molecule has 0 aliphatic heterocycles. The molecule has 2 N–H and O–H groups in total. The number of rotatable bonds is 5. The summed E-state index contributed by atoms with van der Waals surface area (Å²) in [5, 5.41) is 12.3. The molecule has 0 spiro atoms. The zero-order valence-electron chi connectivity index (χ0n) is 11.8. The van der Waals surface area contributed by atoms with Crippen molar-refractivity contribution in [2.75, 3.05) is 11.9 Å². The van der Waals surface area contributed by atoms with Gasteiger partial charge in [-0.3, -0.25) is 0 Å². The standard InChI is InChI=1S/C17H19NO2/c1-12-4-3-5-14(10-12)8-9-18-15-6-7-16(17(19)20)13(2)11-15/h3-7,10-11,18H,8-9H2,1-2H3,(H,19,20). The van der Waals surface area contributed by atoms with Crippen LogP contribution in [0, 0.1) is 13.8 Å². The Bertz CT molecular complexity index is 620. The first kappa shape index (κ1) is 14.1. The average molecular weight is 269 g/mol. The summed E-state index contributed by atoms with van der Waals surface area (Å²) in [6, 6.07) is 13.8. The molecule has 104 valence electrons. The van der Waals surface area contributed by atoms with Crippen LogP contribution in [0.5, 0.6) is 0 Å². The molecule has 0 aliphatic rings. The largest absolute Gasteiger partial charge is 0.478 e. The minimum atomic E-state index is -0.881. The first-order chi connectivity index (χ1) is 9.56. The third-order valence-corrected chi connectivity index (χ3v) is 3.28. The van der Waals surface area contributed by atoms with Crippen molar-refractivity contribution in [3.05, 3.63) is 64.7 Å². The summed E-state index contributed by atoms with van der Waals surface area (Å²) < 4.78 is 0. The number of aryl methyl sites for hydroxylation is 2. The van der Waals surface area contributed by atoms with Gasteiger partial charge in [-0.05, 0) is 49.6 Å². The topological polar surface area (TPSA) is 49.3 Å². The number of hydrogen-bond donors (Lipinski definition) is 2. The molecular weight excluding hydrogens is 250 g/mol. The lowest BCUT2D eigenvalue weighted by Crippen LogP contribution is -2.06. The number of carboxylic acids is 1. The van der Waals surface area contributed by atoms with E-state index < -0.39 is 5.97 Å². The maximum Gasteiger partial charge on any atom is 0.335 e. The molecule has 3 nitrogen and oxygen atoms in total. The number of anilines is 1. The van der Waals surface area contributed by atoms with Gasteiger partial charge in [0.05, 0.1) is 5.56 Å². The first-order valence-corrected chi connectivity index (χ1v) is 6.69. The predicted octanol–water partition coefficient (Wildman–Crippen LogP) is 3.66. The first-order valence-electron chi connectivity index (χ1n) is 6.69.